The third-order valence-corrected chi connectivity index (χ3v) is 4.60. The second-order valence-corrected chi connectivity index (χ2v) is 6.68. The summed E-state index contributed by atoms with van der Waals surface area (Å²) in [6.07, 6.45) is 3.78. The Hall–Kier alpha value is -3.42. The van der Waals surface area contributed by atoms with Gasteiger partial charge in [-0.2, -0.15) is 0 Å². The summed E-state index contributed by atoms with van der Waals surface area (Å²) in [6.45, 7) is 2.61. The zero-order valence-electron chi connectivity index (χ0n) is 15.4. The molecule has 8 heteroatoms. The lowest BCUT2D eigenvalue weighted by atomic mass is 10.2. The number of aromatic nitrogens is 2. The van der Waals surface area contributed by atoms with Gasteiger partial charge in [-0.3, -0.25) is 14.6 Å². The molecule has 0 aliphatic carbocycles. The minimum atomic E-state index is -0.213. The maximum absolute atomic E-state index is 12.6. The highest BCUT2D eigenvalue weighted by Crippen LogP contribution is 2.24. The van der Waals surface area contributed by atoms with Crippen molar-refractivity contribution in [1.82, 2.24) is 20.2 Å². The number of amides is 2. The van der Waals surface area contributed by atoms with E-state index >= 15 is 0 Å². The van der Waals surface area contributed by atoms with Gasteiger partial charge in [0, 0.05) is 37.6 Å². The number of fused-ring (bicyclic) bond motifs is 1. The summed E-state index contributed by atoms with van der Waals surface area (Å²) in [4.78, 5) is 34.0. The van der Waals surface area contributed by atoms with Gasteiger partial charge in [-0.25, -0.2) is 4.98 Å². The summed E-state index contributed by atoms with van der Waals surface area (Å²) >= 11 is 0. The normalized spacial score (nSPS) is 16.3. The highest BCUT2D eigenvalue weighted by Gasteiger charge is 2.29. The molecule has 4 rings (SSSR count). The minimum Gasteiger partial charge on any atom is -0.482 e. The number of pyridine rings is 1. The zero-order chi connectivity index (χ0) is 19.5. The molecule has 1 fully saturated rings. The Morgan fingerprint density at radius 2 is 2.18 bits per heavy atom. The second-order valence-electron chi connectivity index (χ2n) is 6.68. The van der Waals surface area contributed by atoms with E-state index in [1.165, 1.54) is 13.2 Å². The minimum absolute atomic E-state index is 0.0185. The van der Waals surface area contributed by atoms with Crippen molar-refractivity contribution in [1.29, 1.82) is 0 Å². The van der Waals surface area contributed by atoms with E-state index < -0.39 is 0 Å². The number of rotatable bonds is 5. The third-order valence-electron chi connectivity index (χ3n) is 4.60. The van der Waals surface area contributed by atoms with Crippen LogP contribution in [0.2, 0.25) is 0 Å². The smallest absolute Gasteiger partial charge is 0.275 e. The molecule has 1 aromatic carbocycles. The first-order valence-electron chi connectivity index (χ1n) is 9.07. The first-order valence-corrected chi connectivity index (χ1v) is 9.07. The van der Waals surface area contributed by atoms with Gasteiger partial charge in [-0.05, 0) is 18.6 Å². The number of benzene rings is 1. The highest BCUT2D eigenvalue weighted by atomic mass is 16.5. The molecule has 28 heavy (non-hydrogen) atoms. The van der Waals surface area contributed by atoms with E-state index in [0.717, 1.165) is 17.3 Å². The lowest BCUT2D eigenvalue weighted by Crippen LogP contribution is -2.37. The number of carbonyl (C=O) groups is 2. The number of nitrogens with one attached hydrogen (secondary N) is 1. The summed E-state index contributed by atoms with van der Waals surface area (Å²) in [5, 5.41) is 3.81. The van der Waals surface area contributed by atoms with E-state index in [0.29, 0.717) is 24.7 Å². The van der Waals surface area contributed by atoms with Crippen molar-refractivity contribution in [3.63, 3.8) is 0 Å². The van der Waals surface area contributed by atoms with Crippen LogP contribution in [0.15, 0.2) is 47.2 Å². The lowest BCUT2D eigenvalue weighted by molar-refractivity contribution is -0.119. The van der Waals surface area contributed by atoms with Crippen LogP contribution in [0.25, 0.3) is 10.9 Å². The van der Waals surface area contributed by atoms with Crippen molar-refractivity contribution in [2.24, 2.45) is 0 Å². The fourth-order valence-corrected chi connectivity index (χ4v) is 3.32. The van der Waals surface area contributed by atoms with Gasteiger partial charge in [0.25, 0.3) is 5.91 Å². The van der Waals surface area contributed by atoms with Gasteiger partial charge in [0.1, 0.15) is 17.5 Å². The molecule has 0 saturated carbocycles. The number of likely N-dealkylation sites (tertiary alicyclic amines) is 1. The van der Waals surface area contributed by atoms with Gasteiger partial charge in [0.2, 0.25) is 11.8 Å². The van der Waals surface area contributed by atoms with Crippen LogP contribution in [-0.4, -0.2) is 45.8 Å². The summed E-state index contributed by atoms with van der Waals surface area (Å²) < 4.78 is 11.2. The SMILES string of the molecule is CC(=O)NC1CCN(C(=O)c2coc(COc3cccc4cccnc34)n2)C1. The summed E-state index contributed by atoms with van der Waals surface area (Å²) in [5.74, 6) is 0.633. The summed E-state index contributed by atoms with van der Waals surface area (Å²) in [7, 11) is 0. The van der Waals surface area contributed by atoms with E-state index in [4.69, 9.17) is 9.15 Å². The van der Waals surface area contributed by atoms with Crippen LogP contribution < -0.4 is 10.1 Å². The van der Waals surface area contributed by atoms with Crippen LogP contribution in [0.3, 0.4) is 0 Å². The van der Waals surface area contributed by atoms with E-state index in [-0.39, 0.29) is 30.2 Å². The standard InChI is InChI=1S/C20H20N4O4/c1-13(25)22-15-7-9-24(10-15)20(26)16-11-28-18(23-16)12-27-17-6-2-4-14-5-3-8-21-19(14)17/h2-6,8,11,15H,7,9-10,12H2,1H3,(H,22,25). The van der Waals surface area contributed by atoms with Crippen molar-refractivity contribution in [3.8, 4) is 5.75 Å². The monoisotopic (exact) mass is 380 g/mol. The number of nitrogens with zero attached hydrogens (tertiary/aromatic N) is 3. The molecule has 1 aliphatic rings. The molecule has 1 N–H and O–H groups in total. The Bertz CT molecular complexity index is 1010. The topological polar surface area (TPSA) is 97.6 Å². The molecule has 3 heterocycles. The largest absolute Gasteiger partial charge is 0.482 e. The number of carbonyl (C=O) groups excluding carboxylic acids is 2. The first kappa shape index (κ1) is 18.0. The molecule has 1 unspecified atom stereocenters. The van der Waals surface area contributed by atoms with Crippen molar-refractivity contribution >= 4 is 22.7 Å². The van der Waals surface area contributed by atoms with Crippen molar-refractivity contribution in [2.45, 2.75) is 26.0 Å². The Morgan fingerprint density at radius 1 is 1.32 bits per heavy atom. The number of para-hydroxylation sites is 1. The molecule has 3 aromatic rings. The Morgan fingerprint density at radius 3 is 3.04 bits per heavy atom. The van der Waals surface area contributed by atoms with Crippen LogP contribution in [0, 0.1) is 0 Å². The molecule has 2 aromatic heterocycles. The molecule has 0 radical (unpaired) electrons. The fourth-order valence-electron chi connectivity index (χ4n) is 3.32. The van der Waals surface area contributed by atoms with Crippen molar-refractivity contribution in [2.75, 3.05) is 13.1 Å². The third kappa shape index (κ3) is 3.80. The van der Waals surface area contributed by atoms with Crippen molar-refractivity contribution in [3.05, 3.63) is 54.4 Å². The van der Waals surface area contributed by atoms with Gasteiger partial charge in [0.15, 0.2) is 12.3 Å². The quantitative estimate of drug-likeness (QED) is 0.728. The molecule has 1 aliphatic heterocycles. The average Bonchev–Trinajstić information content (AvgIpc) is 3.35. The number of hydrogen-bond acceptors (Lipinski definition) is 6. The summed E-state index contributed by atoms with van der Waals surface area (Å²) in [6, 6.07) is 9.49. The molecular weight excluding hydrogens is 360 g/mol. The number of ether oxygens (including phenoxy) is 1. The molecule has 1 saturated heterocycles. The number of hydrogen-bond donors (Lipinski definition) is 1. The van der Waals surface area contributed by atoms with Crippen LogP contribution in [0.5, 0.6) is 5.75 Å². The predicted molar refractivity (Wildman–Crippen MR) is 101 cm³/mol. The zero-order valence-corrected chi connectivity index (χ0v) is 15.4. The van der Waals surface area contributed by atoms with E-state index in [2.05, 4.69) is 15.3 Å². The van der Waals surface area contributed by atoms with Gasteiger partial charge >= 0.3 is 0 Å². The molecule has 1 atom stereocenters. The van der Waals surface area contributed by atoms with Crippen LogP contribution in [0.4, 0.5) is 0 Å². The maximum atomic E-state index is 12.6. The average molecular weight is 380 g/mol. The Kier molecular flexibility index (Phi) is 4.92. The van der Waals surface area contributed by atoms with Crippen LogP contribution >= 0.6 is 0 Å². The Labute approximate surface area is 161 Å². The predicted octanol–water partition coefficient (Wildman–Crippen LogP) is 2.15. The second kappa shape index (κ2) is 7.67. The maximum Gasteiger partial charge on any atom is 0.275 e. The van der Waals surface area contributed by atoms with Gasteiger partial charge in [-0.15, -0.1) is 0 Å². The van der Waals surface area contributed by atoms with E-state index in [1.807, 2.05) is 30.3 Å². The Balaban J connectivity index is 1.39. The van der Waals surface area contributed by atoms with E-state index in [9.17, 15) is 9.59 Å². The number of oxazole rings is 1. The van der Waals surface area contributed by atoms with Gasteiger partial charge < -0.3 is 19.4 Å². The lowest BCUT2D eigenvalue weighted by Gasteiger charge is -2.15. The molecular formula is C20H20N4O4. The highest BCUT2D eigenvalue weighted by molar-refractivity contribution is 5.92. The molecule has 144 valence electrons. The molecule has 2 amide bonds. The van der Waals surface area contributed by atoms with E-state index in [1.54, 1.807) is 11.1 Å². The summed E-state index contributed by atoms with van der Waals surface area (Å²) in [5.41, 5.74) is 0.993. The van der Waals surface area contributed by atoms with Gasteiger partial charge in [-0.1, -0.05) is 18.2 Å². The fraction of sp³-hybridized carbons (Fsp3) is 0.300. The molecule has 0 bridgehead atoms. The van der Waals surface area contributed by atoms with Gasteiger partial charge in [0.05, 0.1) is 0 Å². The van der Waals surface area contributed by atoms with Crippen LogP contribution in [-0.2, 0) is 11.4 Å². The molecule has 0 spiro atoms. The first-order chi connectivity index (χ1) is 13.6. The molecule has 8 nitrogen and oxygen atoms in total. The van der Waals surface area contributed by atoms with Crippen LogP contribution in [0.1, 0.15) is 29.7 Å². The van der Waals surface area contributed by atoms with Crippen molar-refractivity contribution < 1.29 is 18.7 Å².